The van der Waals surface area contributed by atoms with Crippen molar-refractivity contribution in [2.24, 2.45) is 0 Å². The van der Waals surface area contributed by atoms with Gasteiger partial charge in [-0.1, -0.05) is 24.3 Å². The highest BCUT2D eigenvalue weighted by atomic mass is 16.5. The first-order chi connectivity index (χ1) is 9.59. The van der Waals surface area contributed by atoms with Gasteiger partial charge in [-0.2, -0.15) is 0 Å². The van der Waals surface area contributed by atoms with Gasteiger partial charge in [-0.15, -0.1) is 0 Å². The molecule has 3 nitrogen and oxygen atoms in total. The minimum absolute atomic E-state index is 0.189. The average Bonchev–Trinajstić information content (AvgIpc) is 2.58. The van der Waals surface area contributed by atoms with Crippen LogP contribution in [-0.2, 0) is 11.2 Å². The third-order valence-electron chi connectivity index (χ3n) is 4.15. The highest BCUT2D eigenvalue weighted by Crippen LogP contribution is 2.31. The molecular weight excluding hydrogens is 250 g/mol. The van der Waals surface area contributed by atoms with E-state index in [-0.39, 0.29) is 12.1 Å². The van der Waals surface area contributed by atoms with Crippen molar-refractivity contribution in [1.82, 2.24) is 4.90 Å². The lowest BCUT2D eigenvalue weighted by molar-refractivity contribution is 0.0218. The molecule has 1 aliphatic carbocycles. The molecule has 1 aromatic rings. The molecule has 0 amide bonds. The van der Waals surface area contributed by atoms with Gasteiger partial charge in [0.05, 0.1) is 18.8 Å². The summed E-state index contributed by atoms with van der Waals surface area (Å²) in [4.78, 5) is 2.25. The minimum atomic E-state index is -0.391. The van der Waals surface area contributed by atoms with Crippen molar-refractivity contribution in [2.75, 3.05) is 20.2 Å². The second kappa shape index (κ2) is 7.21. The number of fused-ring (bicyclic) bond motifs is 1. The maximum atomic E-state index is 10.7. The van der Waals surface area contributed by atoms with Gasteiger partial charge in [0.25, 0.3) is 0 Å². The molecule has 20 heavy (non-hydrogen) atoms. The monoisotopic (exact) mass is 277 g/mol. The van der Waals surface area contributed by atoms with E-state index in [0.29, 0.717) is 0 Å². The molecular formula is C17H27NO2. The summed E-state index contributed by atoms with van der Waals surface area (Å²) < 4.78 is 5.62. The van der Waals surface area contributed by atoms with Crippen LogP contribution < -0.4 is 0 Å². The van der Waals surface area contributed by atoms with Crippen molar-refractivity contribution in [3.63, 3.8) is 0 Å². The van der Waals surface area contributed by atoms with Gasteiger partial charge in [-0.05, 0) is 51.3 Å². The van der Waals surface area contributed by atoms with Crippen LogP contribution in [0.3, 0.4) is 0 Å². The number of aliphatic hydroxyl groups excluding tert-OH is 1. The fourth-order valence-corrected chi connectivity index (χ4v) is 2.98. The third-order valence-corrected chi connectivity index (χ3v) is 4.15. The zero-order chi connectivity index (χ0) is 14.5. The molecule has 2 atom stereocenters. The first-order valence-corrected chi connectivity index (χ1v) is 7.67. The summed E-state index contributed by atoms with van der Waals surface area (Å²) in [5, 5.41) is 10.7. The van der Waals surface area contributed by atoms with Crippen LogP contribution in [0.2, 0.25) is 0 Å². The van der Waals surface area contributed by atoms with Gasteiger partial charge in [0.1, 0.15) is 0 Å². The van der Waals surface area contributed by atoms with Crippen molar-refractivity contribution in [3.8, 4) is 0 Å². The van der Waals surface area contributed by atoms with Crippen molar-refractivity contribution in [1.29, 1.82) is 0 Å². The lowest BCUT2D eigenvalue weighted by Gasteiger charge is -2.31. The Kier molecular flexibility index (Phi) is 5.58. The van der Waals surface area contributed by atoms with Crippen molar-refractivity contribution in [2.45, 2.75) is 51.4 Å². The molecule has 2 rings (SSSR count). The van der Waals surface area contributed by atoms with Gasteiger partial charge in [0.15, 0.2) is 0 Å². The van der Waals surface area contributed by atoms with Crippen molar-refractivity contribution < 1.29 is 9.84 Å². The molecule has 0 fully saturated rings. The summed E-state index contributed by atoms with van der Waals surface area (Å²) in [6.07, 6.45) is 3.11. The van der Waals surface area contributed by atoms with Crippen LogP contribution in [0.25, 0.3) is 0 Å². The summed E-state index contributed by atoms with van der Waals surface area (Å²) in [6, 6.07) is 8.48. The number of aliphatic hydroxyl groups is 1. The normalized spacial score (nSPS) is 22.9. The molecule has 1 aromatic carbocycles. The van der Waals surface area contributed by atoms with E-state index in [2.05, 4.69) is 44.0 Å². The molecule has 0 radical (unpaired) electrons. The smallest absolute Gasteiger partial charge is 0.0947 e. The van der Waals surface area contributed by atoms with E-state index >= 15 is 0 Å². The number of likely N-dealkylation sites (N-methyl/N-ethyl adjacent to an activating group) is 1. The average molecular weight is 277 g/mol. The Hall–Kier alpha value is -0.900. The maximum Gasteiger partial charge on any atom is 0.0947 e. The Bertz CT molecular complexity index is 419. The van der Waals surface area contributed by atoms with Crippen LogP contribution in [0.4, 0.5) is 0 Å². The van der Waals surface area contributed by atoms with Crippen molar-refractivity contribution >= 4 is 0 Å². The molecule has 0 bridgehead atoms. The predicted octanol–water partition coefficient (Wildman–Crippen LogP) is 2.78. The fraction of sp³-hybridized carbons (Fsp3) is 0.647. The first kappa shape index (κ1) is 15.5. The number of ether oxygens (including phenoxy) is 1. The quantitative estimate of drug-likeness (QED) is 0.840. The molecule has 0 heterocycles. The van der Waals surface area contributed by atoms with Gasteiger partial charge in [-0.3, -0.25) is 4.90 Å². The Morgan fingerprint density at radius 2 is 2.10 bits per heavy atom. The van der Waals surface area contributed by atoms with Crippen LogP contribution >= 0.6 is 0 Å². The molecule has 0 saturated carbocycles. The summed E-state index contributed by atoms with van der Waals surface area (Å²) in [5.74, 6) is 0. The number of benzene rings is 1. The van der Waals surface area contributed by atoms with E-state index in [9.17, 15) is 5.11 Å². The van der Waals surface area contributed by atoms with E-state index in [1.54, 1.807) is 0 Å². The standard InChI is InChI=1S/C17H27NO2/c1-13(2)20-12-11-18(3)16-10-6-8-14-7-4-5-9-15(14)17(16)19/h4-5,7,9,13,16-17,19H,6,8,10-12H2,1-3H3. The molecule has 1 N–H and O–H groups in total. The largest absolute Gasteiger partial charge is 0.387 e. The van der Waals surface area contributed by atoms with E-state index in [0.717, 1.165) is 38.0 Å². The fourth-order valence-electron chi connectivity index (χ4n) is 2.98. The van der Waals surface area contributed by atoms with Crippen LogP contribution in [0.15, 0.2) is 24.3 Å². The van der Waals surface area contributed by atoms with Gasteiger partial charge in [-0.25, -0.2) is 0 Å². The third kappa shape index (κ3) is 3.81. The lowest BCUT2D eigenvalue weighted by Crippen LogP contribution is -2.38. The second-order valence-corrected chi connectivity index (χ2v) is 6.00. The molecule has 0 aliphatic heterocycles. The van der Waals surface area contributed by atoms with E-state index in [1.807, 2.05) is 6.07 Å². The Morgan fingerprint density at radius 1 is 1.35 bits per heavy atom. The molecule has 112 valence electrons. The highest BCUT2D eigenvalue weighted by Gasteiger charge is 2.28. The van der Waals surface area contributed by atoms with Crippen LogP contribution in [0, 0.1) is 0 Å². The summed E-state index contributed by atoms with van der Waals surface area (Å²) in [6.45, 7) is 5.69. The van der Waals surface area contributed by atoms with Gasteiger partial charge in [0.2, 0.25) is 0 Å². The van der Waals surface area contributed by atoms with E-state index in [4.69, 9.17) is 4.74 Å². The molecule has 0 spiro atoms. The predicted molar refractivity (Wildman–Crippen MR) is 81.8 cm³/mol. The van der Waals surface area contributed by atoms with Gasteiger partial charge < -0.3 is 9.84 Å². The number of hydrogen-bond acceptors (Lipinski definition) is 3. The van der Waals surface area contributed by atoms with E-state index < -0.39 is 6.10 Å². The number of rotatable bonds is 5. The van der Waals surface area contributed by atoms with Crippen LogP contribution in [-0.4, -0.2) is 42.4 Å². The van der Waals surface area contributed by atoms with Crippen LogP contribution in [0.1, 0.15) is 43.9 Å². The van der Waals surface area contributed by atoms with Crippen molar-refractivity contribution in [3.05, 3.63) is 35.4 Å². The summed E-state index contributed by atoms with van der Waals surface area (Å²) in [7, 11) is 2.09. The zero-order valence-corrected chi connectivity index (χ0v) is 12.9. The second-order valence-electron chi connectivity index (χ2n) is 6.00. The molecule has 0 saturated heterocycles. The molecule has 3 heteroatoms. The molecule has 2 unspecified atom stereocenters. The molecule has 1 aliphatic rings. The number of nitrogens with zero attached hydrogens (tertiary/aromatic N) is 1. The SMILES string of the molecule is CC(C)OCCN(C)C1CCCc2ccccc2C1O. The van der Waals surface area contributed by atoms with E-state index in [1.165, 1.54) is 5.56 Å². The Labute approximate surface area is 122 Å². The van der Waals surface area contributed by atoms with Gasteiger partial charge in [0, 0.05) is 12.6 Å². The topological polar surface area (TPSA) is 32.7 Å². The Balaban J connectivity index is 2.01. The highest BCUT2D eigenvalue weighted by molar-refractivity contribution is 5.31. The molecule has 0 aromatic heterocycles. The van der Waals surface area contributed by atoms with Gasteiger partial charge >= 0.3 is 0 Å². The first-order valence-electron chi connectivity index (χ1n) is 7.67. The Morgan fingerprint density at radius 3 is 2.85 bits per heavy atom. The minimum Gasteiger partial charge on any atom is -0.387 e. The van der Waals surface area contributed by atoms with Crippen LogP contribution in [0.5, 0.6) is 0 Å². The zero-order valence-electron chi connectivity index (χ0n) is 12.9. The number of aryl methyl sites for hydroxylation is 1. The number of hydrogen-bond donors (Lipinski definition) is 1. The summed E-state index contributed by atoms with van der Waals surface area (Å²) >= 11 is 0. The summed E-state index contributed by atoms with van der Waals surface area (Å²) in [5.41, 5.74) is 2.40. The maximum absolute atomic E-state index is 10.7. The lowest BCUT2D eigenvalue weighted by atomic mass is 9.98.